The van der Waals surface area contributed by atoms with Crippen LogP contribution in [0.25, 0.3) is 0 Å². The van der Waals surface area contributed by atoms with E-state index >= 15 is 0 Å². The van der Waals surface area contributed by atoms with Crippen molar-refractivity contribution < 1.29 is 18.0 Å². The number of anilines is 3. The first-order valence-electron chi connectivity index (χ1n) is 10.5. The van der Waals surface area contributed by atoms with Crippen molar-refractivity contribution in [3.05, 3.63) is 71.4 Å². The van der Waals surface area contributed by atoms with Gasteiger partial charge in [-0.25, -0.2) is 4.98 Å². The van der Waals surface area contributed by atoms with Gasteiger partial charge in [0, 0.05) is 43.8 Å². The lowest BCUT2D eigenvalue weighted by Crippen LogP contribution is -2.21. The number of thioether (sulfide) groups is 1. The molecule has 0 saturated carbocycles. The smallest absolute Gasteiger partial charge is 0.365 e. The van der Waals surface area contributed by atoms with Gasteiger partial charge in [-0.3, -0.25) is 4.79 Å². The van der Waals surface area contributed by atoms with Crippen LogP contribution in [0.2, 0.25) is 0 Å². The molecule has 0 bridgehead atoms. The lowest BCUT2D eigenvalue weighted by molar-refractivity contribution is -0.137. The van der Waals surface area contributed by atoms with Crippen LogP contribution in [0.15, 0.2) is 59.6 Å². The van der Waals surface area contributed by atoms with Gasteiger partial charge in [-0.05, 0) is 48.1 Å². The predicted octanol–water partition coefficient (Wildman–Crippen LogP) is 5.59. The fourth-order valence-corrected chi connectivity index (χ4v) is 3.60. The average Bonchev–Trinajstić information content (AvgIpc) is 2.81. The van der Waals surface area contributed by atoms with E-state index in [0.29, 0.717) is 18.5 Å². The summed E-state index contributed by atoms with van der Waals surface area (Å²) in [7, 11) is 3.42. The van der Waals surface area contributed by atoms with Gasteiger partial charge in [-0.2, -0.15) is 18.2 Å². The van der Waals surface area contributed by atoms with Crippen molar-refractivity contribution in [2.45, 2.75) is 30.5 Å². The monoisotopic (exact) mass is 489 g/mol. The van der Waals surface area contributed by atoms with Crippen molar-refractivity contribution in [2.24, 2.45) is 0 Å². The largest absolute Gasteiger partial charge is 0.421 e. The van der Waals surface area contributed by atoms with E-state index in [1.807, 2.05) is 42.7 Å². The van der Waals surface area contributed by atoms with Crippen molar-refractivity contribution in [3.8, 4) is 0 Å². The van der Waals surface area contributed by atoms with Gasteiger partial charge >= 0.3 is 6.18 Å². The van der Waals surface area contributed by atoms with Crippen LogP contribution in [0.3, 0.4) is 0 Å². The number of rotatable bonds is 9. The highest BCUT2D eigenvalue weighted by Crippen LogP contribution is 2.34. The minimum Gasteiger partial charge on any atom is -0.365 e. The zero-order valence-corrected chi connectivity index (χ0v) is 19.9. The summed E-state index contributed by atoms with van der Waals surface area (Å²) in [4.78, 5) is 22.2. The Morgan fingerprint density at radius 1 is 1.09 bits per heavy atom. The molecule has 0 aliphatic heterocycles. The highest BCUT2D eigenvalue weighted by Gasteiger charge is 2.35. The number of hydrogen-bond acceptors (Lipinski definition) is 6. The number of aryl methyl sites for hydroxylation is 1. The molecule has 6 nitrogen and oxygen atoms in total. The number of amides is 1. The van der Waals surface area contributed by atoms with Crippen LogP contribution in [-0.2, 0) is 23.9 Å². The normalized spacial score (nSPS) is 11.2. The van der Waals surface area contributed by atoms with Gasteiger partial charge in [-0.15, -0.1) is 11.8 Å². The van der Waals surface area contributed by atoms with Crippen LogP contribution in [0, 0.1) is 0 Å². The molecule has 2 N–H and O–H groups in total. The summed E-state index contributed by atoms with van der Waals surface area (Å²) in [6.07, 6.45) is -0.881. The van der Waals surface area contributed by atoms with Crippen molar-refractivity contribution in [3.63, 3.8) is 0 Å². The van der Waals surface area contributed by atoms with Crippen molar-refractivity contribution in [1.82, 2.24) is 14.9 Å². The number of alkyl halides is 3. The van der Waals surface area contributed by atoms with E-state index in [-0.39, 0.29) is 24.2 Å². The van der Waals surface area contributed by atoms with E-state index in [9.17, 15) is 18.0 Å². The number of carbonyl (C=O) groups is 1. The summed E-state index contributed by atoms with van der Waals surface area (Å²) in [5, 5.41) is 5.74. The first-order valence-corrected chi connectivity index (χ1v) is 11.8. The number of nitrogens with one attached hydrogen (secondary N) is 2. The van der Waals surface area contributed by atoms with Crippen LogP contribution in [-0.4, -0.2) is 41.1 Å². The van der Waals surface area contributed by atoms with Crippen molar-refractivity contribution in [1.29, 1.82) is 0 Å². The Bertz CT molecular complexity index is 1120. The predicted molar refractivity (Wildman–Crippen MR) is 129 cm³/mol. The summed E-state index contributed by atoms with van der Waals surface area (Å²) in [5.74, 6) is -0.206. The molecule has 2 aromatic carbocycles. The highest BCUT2D eigenvalue weighted by molar-refractivity contribution is 7.98. The Kier molecular flexibility index (Phi) is 8.38. The summed E-state index contributed by atoms with van der Waals surface area (Å²) in [6.45, 7) is 0.189. The summed E-state index contributed by atoms with van der Waals surface area (Å²) in [5.41, 5.74) is 1.52. The molecule has 0 aliphatic carbocycles. The molecule has 0 fully saturated rings. The molecule has 1 aromatic heterocycles. The van der Waals surface area contributed by atoms with Crippen molar-refractivity contribution >= 4 is 35.1 Å². The van der Waals surface area contributed by atoms with Crippen molar-refractivity contribution in [2.75, 3.05) is 31.0 Å². The Morgan fingerprint density at radius 3 is 2.47 bits per heavy atom. The van der Waals surface area contributed by atoms with E-state index < -0.39 is 11.7 Å². The first kappa shape index (κ1) is 25.4. The van der Waals surface area contributed by atoms with Gasteiger partial charge in [0.2, 0.25) is 11.9 Å². The number of hydrogen-bond donors (Lipinski definition) is 2. The molecular weight excluding hydrogens is 463 g/mol. The summed E-state index contributed by atoms with van der Waals surface area (Å²) in [6, 6.07) is 14.8. The molecule has 0 aliphatic rings. The molecule has 3 aromatic rings. The second-order valence-corrected chi connectivity index (χ2v) is 8.65. The number of carbonyl (C=O) groups excluding carboxylic acids is 1. The zero-order valence-electron chi connectivity index (χ0n) is 19.1. The molecule has 1 heterocycles. The van der Waals surface area contributed by atoms with Crippen LogP contribution in [0.1, 0.15) is 23.1 Å². The van der Waals surface area contributed by atoms with Crippen LogP contribution >= 0.6 is 11.8 Å². The molecular formula is C24H26F3N5OS. The third-order valence-electron chi connectivity index (χ3n) is 5.02. The number of aromatic nitrogens is 2. The lowest BCUT2D eigenvalue weighted by Gasteiger charge is -2.15. The van der Waals surface area contributed by atoms with Crippen LogP contribution < -0.4 is 10.6 Å². The summed E-state index contributed by atoms with van der Waals surface area (Å²) < 4.78 is 40.5. The van der Waals surface area contributed by atoms with Gasteiger partial charge in [0.1, 0.15) is 11.4 Å². The maximum absolute atomic E-state index is 13.5. The Hall–Kier alpha value is -3.27. The molecule has 180 valence electrons. The van der Waals surface area contributed by atoms with E-state index in [0.717, 1.165) is 22.2 Å². The average molecular weight is 490 g/mol. The van der Waals surface area contributed by atoms with E-state index in [1.165, 1.54) is 0 Å². The third kappa shape index (κ3) is 7.11. The first-order chi connectivity index (χ1) is 16.2. The zero-order chi connectivity index (χ0) is 24.7. The minimum absolute atomic E-state index is 0.0422. The van der Waals surface area contributed by atoms with Crippen LogP contribution in [0.5, 0.6) is 0 Å². The molecule has 0 spiro atoms. The second-order valence-electron chi connectivity index (χ2n) is 7.77. The molecule has 0 saturated heterocycles. The fourth-order valence-electron chi connectivity index (χ4n) is 3.11. The standard InChI is InChI=1S/C24H26F3N5OS/c1-32(2)21(33)12-9-16-7-10-18(11-8-16)30-23-29-15-20(24(25,26)27)22(31-23)28-14-17-5-4-6-19(13-17)34-3/h4-8,10-11,13,15H,9,12,14H2,1-3H3,(H2,28,29,30,31). The van der Waals surface area contributed by atoms with Gasteiger partial charge in [0.05, 0.1) is 0 Å². The SMILES string of the molecule is CSc1cccc(CNc2nc(Nc3ccc(CCC(=O)N(C)C)cc3)ncc2C(F)(F)F)c1. The Balaban J connectivity index is 1.73. The quantitative estimate of drug-likeness (QED) is 0.382. The van der Waals surface area contributed by atoms with Gasteiger partial charge in [0.15, 0.2) is 0 Å². The Labute approximate surface area is 201 Å². The molecule has 0 radical (unpaired) electrons. The van der Waals surface area contributed by atoms with Crippen LogP contribution in [0.4, 0.5) is 30.6 Å². The second kappa shape index (κ2) is 11.2. The summed E-state index contributed by atoms with van der Waals surface area (Å²) >= 11 is 1.56. The van der Waals surface area contributed by atoms with E-state index in [2.05, 4.69) is 20.6 Å². The lowest BCUT2D eigenvalue weighted by atomic mass is 10.1. The minimum atomic E-state index is -4.59. The maximum atomic E-state index is 13.5. The number of halogens is 3. The van der Waals surface area contributed by atoms with Gasteiger partial charge < -0.3 is 15.5 Å². The molecule has 0 unspecified atom stereocenters. The van der Waals surface area contributed by atoms with E-state index in [4.69, 9.17) is 0 Å². The number of nitrogens with zero attached hydrogens (tertiary/aromatic N) is 3. The highest BCUT2D eigenvalue weighted by atomic mass is 32.2. The maximum Gasteiger partial charge on any atom is 0.421 e. The molecule has 10 heteroatoms. The Morgan fingerprint density at radius 2 is 1.82 bits per heavy atom. The van der Waals surface area contributed by atoms with Gasteiger partial charge in [0.25, 0.3) is 0 Å². The topological polar surface area (TPSA) is 70.2 Å². The number of benzene rings is 2. The van der Waals surface area contributed by atoms with Gasteiger partial charge in [-0.1, -0.05) is 24.3 Å². The molecule has 1 amide bonds. The molecule has 0 atom stereocenters. The molecule has 34 heavy (non-hydrogen) atoms. The van der Waals surface area contributed by atoms with E-state index in [1.54, 1.807) is 42.9 Å². The third-order valence-corrected chi connectivity index (χ3v) is 5.75. The fraction of sp³-hybridized carbons (Fsp3) is 0.292. The molecule has 3 rings (SSSR count).